The maximum absolute atomic E-state index is 2.85. The van der Waals surface area contributed by atoms with Crippen LogP contribution in [0.3, 0.4) is 0 Å². The van der Waals surface area contributed by atoms with E-state index in [1.54, 1.807) is 0 Å². The Hall–Kier alpha value is -0.0400. The summed E-state index contributed by atoms with van der Waals surface area (Å²) in [6, 6.07) is 1.75. The van der Waals surface area contributed by atoms with Gasteiger partial charge in [-0.2, -0.15) is 0 Å². The summed E-state index contributed by atoms with van der Waals surface area (Å²) in [7, 11) is 0. The highest BCUT2D eigenvalue weighted by molar-refractivity contribution is 5.06. The van der Waals surface area contributed by atoms with E-state index in [0.29, 0.717) is 5.54 Å². The molecule has 0 aromatic carbocycles. The minimum absolute atomic E-state index is 0.625. The van der Waals surface area contributed by atoms with E-state index in [4.69, 9.17) is 0 Å². The highest BCUT2D eigenvalue weighted by Crippen LogP contribution is 2.47. The third-order valence-electron chi connectivity index (χ3n) is 4.52. The molecular formula is C12H23N. The first-order valence-corrected chi connectivity index (χ1v) is 6.02. The molecule has 1 nitrogen and oxygen atoms in total. The Labute approximate surface area is 82.5 Å². The van der Waals surface area contributed by atoms with Gasteiger partial charge in [-0.15, -0.1) is 0 Å². The predicted octanol–water partition coefficient (Wildman–Crippen LogP) is 3.19. The first-order chi connectivity index (χ1) is 6.23. The predicted molar refractivity (Wildman–Crippen MR) is 56.9 cm³/mol. The van der Waals surface area contributed by atoms with Gasteiger partial charge in [0.15, 0.2) is 0 Å². The van der Waals surface area contributed by atoms with Crippen molar-refractivity contribution < 1.29 is 0 Å². The van der Waals surface area contributed by atoms with Crippen molar-refractivity contribution in [1.29, 1.82) is 0 Å². The third kappa shape index (κ3) is 1.24. The fourth-order valence-corrected chi connectivity index (χ4v) is 3.73. The quantitative estimate of drug-likeness (QED) is 0.632. The van der Waals surface area contributed by atoms with Gasteiger partial charge in [0.05, 0.1) is 0 Å². The molecule has 0 aliphatic carbocycles. The Bertz CT molecular complexity index is 190. The number of hydrogen-bond donors (Lipinski definition) is 0. The van der Waals surface area contributed by atoms with Crippen LogP contribution in [0.5, 0.6) is 0 Å². The van der Waals surface area contributed by atoms with Crippen LogP contribution >= 0.6 is 0 Å². The summed E-state index contributed by atoms with van der Waals surface area (Å²) in [6.45, 7) is 7.15. The van der Waals surface area contributed by atoms with Gasteiger partial charge in [0.1, 0.15) is 0 Å². The fourth-order valence-electron chi connectivity index (χ4n) is 3.73. The van der Waals surface area contributed by atoms with E-state index in [0.717, 1.165) is 12.1 Å². The Morgan fingerprint density at radius 1 is 1.23 bits per heavy atom. The molecule has 3 atom stereocenters. The van der Waals surface area contributed by atoms with Crippen LogP contribution in [0.4, 0.5) is 0 Å². The van der Waals surface area contributed by atoms with E-state index in [2.05, 4.69) is 25.7 Å². The molecule has 1 heteroatoms. The van der Waals surface area contributed by atoms with E-state index in [1.165, 1.54) is 38.5 Å². The standard InChI is InChI=1S/C12H23N/c1-4-11-7-9-12(5-2)8-6-10(3)13(11)12/h10-11H,4-9H2,1-3H3/t10?,11-,12?/m1/s1. The maximum Gasteiger partial charge on any atom is 0.0213 e. The van der Waals surface area contributed by atoms with Crippen molar-refractivity contribution in [2.24, 2.45) is 0 Å². The lowest BCUT2D eigenvalue weighted by atomic mass is 9.91. The van der Waals surface area contributed by atoms with Crippen molar-refractivity contribution >= 4 is 0 Å². The van der Waals surface area contributed by atoms with Gasteiger partial charge in [0.2, 0.25) is 0 Å². The first-order valence-electron chi connectivity index (χ1n) is 6.02. The van der Waals surface area contributed by atoms with E-state index in [9.17, 15) is 0 Å². The van der Waals surface area contributed by atoms with Crippen molar-refractivity contribution in [1.82, 2.24) is 4.90 Å². The van der Waals surface area contributed by atoms with Crippen LogP contribution < -0.4 is 0 Å². The molecule has 2 rings (SSSR count). The Morgan fingerprint density at radius 3 is 2.54 bits per heavy atom. The lowest BCUT2D eigenvalue weighted by Gasteiger charge is -2.36. The highest BCUT2D eigenvalue weighted by atomic mass is 15.3. The first kappa shape index (κ1) is 9.51. The zero-order valence-electron chi connectivity index (χ0n) is 9.34. The molecule has 2 unspecified atom stereocenters. The molecule has 2 heterocycles. The van der Waals surface area contributed by atoms with Gasteiger partial charge in [-0.3, -0.25) is 4.90 Å². The number of fused-ring (bicyclic) bond motifs is 1. The average Bonchev–Trinajstić information content (AvgIpc) is 2.66. The van der Waals surface area contributed by atoms with Crippen molar-refractivity contribution in [3.05, 3.63) is 0 Å². The SMILES string of the molecule is CC[C@@H]1CCC2(CC)CCC(C)N12. The average molecular weight is 181 g/mol. The van der Waals surface area contributed by atoms with Crippen LogP contribution in [0.15, 0.2) is 0 Å². The lowest BCUT2D eigenvalue weighted by Crippen LogP contribution is -2.44. The molecule has 2 saturated heterocycles. The smallest absolute Gasteiger partial charge is 0.0213 e. The Morgan fingerprint density at radius 2 is 1.92 bits per heavy atom. The van der Waals surface area contributed by atoms with Gasteiger partial charge in [-0.1, -0.05) is 13.8 Å². The molecule has 13 heavy (non-hydrogen) atoms. The number of hydrogen-bond acceptors (Lipinski definition) is 1. The molecule has 0 aromatic rings. The third-order valence-corrected chi connectivity index (χ3v) is 4.52. The van der Waals surface area contributed by atoms with Crippen molar-refractivity contribution in [2.45, 2.75) is 76.9 Å². The number of nitrogens with zero attached hydrogens (tertiary/aromatic N) is 1. The summed E-state index contributed by atoms with van der Waals surface area (Å²) < 4.78 is 0. The zero-order valence-corrected chi connectivity index (χ0v) is 9.34. The zero-order chi connectivity index (χ0) is 9.47. The molecular weight excluding hydrogens is 158 g/mol. The minimum atomic E-state index is 0.625. The second-order valence-electron chi connectivity index (χ2n) is 4.97. The summed E-state index contributed by atoms with van der Waals surface area (Å²) in [5.41, 5.74) is 0.625. The molecule has 2 aliphatic heterocycles. The van der Waals surface area contributed by atoms with Crippen molar-refractivity contribution in [3.63, 3.8) is 0 Å². The van der Waals surface area contributed by atoms with Gasteiger partial charge >= 0.3 is 0 Å². The van der Waals surface area contributed by atoms with Crippen LogP contribution in [0, 0.1) is 0 Å². The second-order valence-corrected chi connectivity index (χ2v) is 4.97. The maximum atomic E-state index is 2.85. The van der Waals surface area contributed by atoms with E-state index in [-0.39, 0.29) is 0 Å². The highest BCUT2D eigenvalue weighted by Gasteiger charge is 2.49. The summed E-state index contributed by atoms with van der Waals surface area (Å²) >= 11 is 0. The largest absolute Gasteiger partial charge is 0.292 e. The molecule has 0 bridgehead atoms. The minimum Gasteiger partial charge on any atom is -0.292 e. The van der Waals surface area contributed by atoms with Crippen LogP contribution in [0.2, 0.25) is 0 Å². The lowest BCUT2D eigenvalue weighted by molar-refractivity contribution is 0.107. The summed E-state index contributed by atoms with van der Waals surface area (Å²) in [5.74, 6) is 0. The van der Waals surface area contributed by atoms with Crippen molar-refractivity contribution in [2.75, 3.05) is 0 Å². The van der Waals surface area contributed by atoms with Gasteiger partial charge in [0, 0.05) is 17.6 Å². The summed E-state index contributed by atoms with van der Waals surface area (Å²) in [5, 5.41) is 0. The second kappa shape index (κ2) is 3.27. The van der Waals surface area contributed by atoms with E-state index >= 15 is 0 Å². The molecule has 0 amide bonds. The van der Waals surface area contributed by atoms with Crippen LogP contribution in [-0.2, 0) is 0 Å². The Kier molecular flexibility index (Phi) is 2.39. The Balaban J connectivity index is 2.20. The molecule has 0 spiro atoms. The molecule has 0 N–H and O–H groups in total. The molecule has 0 radical (unpaired) electrons. The monoisotopic (exact) mass is 181 g/mol. The van der Waals surface area contributed by atoms with Crippen LogP contribution in [-0.4, -0.2) is 22.5 Å². The fraction of sp³-hybridized carbons (Fsp3) is 1.00. The van der Waals surface area contributed by atoms with Gasteiger partial charge in [-0.25, -0.2) is 0 Å². The molecule has 2 aliphatic rings. The van der Waals surface area contributed by atoms with E-state index < -0.39 is 0 Å². The molecule has 0 saturated carbocycles. The van der Waals surface area contributed by atoms with Crippen LogP contribution in [0.1, 0.15) is 59.3 Å². The van der Waals surface area contributed by atoms with E-state index in [1.807, 2.05) is 0 Å². The molecule has 76 valence electrons. The topological polar surface area (TPSA) is 3.24 Å². The van der Waals surface area contributed by atoms with Gasteiger partial charge in [0.25, 0.3) is 0 Å². The number of rotatable bonds is 2. The molecule has 0 aromatic heterocycles. The van der Waals surface area contributed by atoms with Gasteiger partial charge < -0.3 is 0 Å². The van der Waals surface area contributed by atoms with Crippen molar-refractivity contribution in [3.8, 4) is 0 Å². The van der Waals surface area contributed by atoms with Crippen LogP contribution in [0.25, 0.3) is 0 Å². The summed E-state index contributed by atoms with van der Waals surface area (Å²) in [6.07, 6.45) is 8.53. The molecule has 2 fully saturated rings. The normalized spacial score (nSPS) is 45.5. The van der Waals surface area contributed by atoms with Gasteiger partial charge in [-0.05, 0) is 45.4 Å². The summed E-state index contributed by atoms with van der Waals surface area (Å²) in [4.78, 5) is 2.85.